The van der Waals surface area contributed by atoms with E-state index in [1.54, 1.807) is 0 Å². The smallest absolute Gasteiger partial charge is 0.326 e. The van der Waals surface area contributed by atoms with Crippen molar-refractivity contribution in [2.75, 3.05) is 31.5 Å². The van der Waals surface area contributed by atoms with Gasteiger partial charge < -0.3 is 15.3 Å². The molecule has 148 valence electrons. The van der Waals surface area contributed by atoms with Crippen molar-refractivity contribution < 1.29 is 14.7 Å². The Hall–Kier alpha value is -2.22. The zero-order valence-corrected chi connectivity index (χ0v) is 16.1. The number of nitrogens with zero attached hydrogens (tertiary/aromatic N) is 4. The molecule has 2 aliphatic rings. The lowest BCUT2D eigenvalue weighted by Crippen LogP contribution is -2.42. The maximum Gasteiger partial charge on any atom is 0.326 e. The van der Waals surface area contributed by atoms with E-state index in [1.165, 1.54) is 11.8 Å². The van der Waals surface area contributed by atoms with E-state index in [0.717, 1.165) is 51.0 Å². The molecule has 2 aliphatic heterocycles. The number of nitrogens with one attached hydrogen (secondary N) is 1. The second-order valence-electron chi connectivity index (χ2n) is 7.82. The van der Waals surface area contributed by atoms with Gasteiger partial charge in [-0.3, -0.25) is 9.69 Å². The number of aliphatic carboxylic acids is 1. The van der Waals surface area contributed by atoms with Gasteiger partial charge in [-0.05, 0) is 44.2 Å². The highest BCUT2D eigenvalue weighted by Gasteiger charge is 2.48. The fourth-order valence-electron chi connectivity index (χ4n) is 4.18. The van der Waals surface area contributed by atoms with E-state index in [9.17, 15) is 14.7 Å². The van der Waals surface area contributed by atoms with Crippen LogP contribution in [-0.4, -0.2) is 69.0 Å². The maximum atomic E-state index is 11.8. The Morgan fingerprint density at radius 3 is 2.48 bits per heavy atom. The van der Waals surface area contributed by atoms with E-state index >= 15 is 0 Å². The Morgan fingerprint density at radius 1 is 1.30 bits per heavy atom. The van der Waals surface area contributed by atoms with Crippen LogP contribution in [0.1, 0.15) is 45.1 Å². The van der Waals surface area contributed by atoms with Crippen LogP contribution in [0.3, 0.4) is 0 Å². The molecule has 0 aliphatic carbocycles. The van der Waals surface area contributed by atoms with Crippen LogP contribution >= 0.6 is 0 Å². The first-order valence-corrected chi connectivity index (χ1v) is 9.69. The number of carboxylic acids is 1. The Balaban J connectivity index is 1.54. The van der Waals surface area contributed by atoms with Gasteiger partial charge in [-0.25, -0.2) is 14.8 Å². The molecule has 0 bridgehead atoms. The normalized spacial score (nSPS) is 22.1. The number of aromatic nitrogens is 2. The minimum Gasteiger partial charge on any atom is -0.480 e. The Labute approximate surface area is 160 Å². The molecule has 1 spiro atoms. The summed E-state index contributed by atoms with van der Waals surface area (Å²) in [5.74, 6) is -0.373. The third-order valence-corrected chi connectivity index (χ3v) is 5.76. The molecule has 2 fully saturated rings. The SMILES string of the molecule is CCCNc1ncc(CN2CCC3(CC2)C[C@@H](C(=O)O)N(C(C)=O)C3)cn1. The average molecular weight is 375 g/mol. The van der Waals surface area contributed by atoms with Crippen LogP contribution in [0, 0.1) is 5.41 Å². The fourth-order valence-corrected chi connectivity index (χ4v) is 4.18. The maximum absolute atomic E-state index is 11.8. The Bertz CT molecular complexity index is 646. The second kappa shape index (κ2) is 8.21. The Kier molecular flexibility index (Phi) is 5.94. The number of likely N-dealkylation sites (tertiary alicyclic amines) is 2. The van der Waals surface area contributed by atoms with Crippen LogP contribution in [-0.2, 0) is 16.1 Å². The van der Waals surface area contributed by atoms with Gasteiger partial charge in [0.25, 0.3) is 0 Å². The summed E-state index contributed by atoms with van der Waals surface area (Å²) in [7, 11) is 0. The van der Waals surface area contributed by atoms with Crippen molar-refractivity contribution in [1.82, 2.24) is 19.8 Å². The van der Waals surface area contributed by atoms with Crippen molar-refractivity contribution in [3.05, 3.63) is 18.0 Å². The van der Waals surface area contributed by atoms with E-state index in [1.807, 2.05) is 12.4 Å². The average Bonchev–Trinajstić information content (AvgIpc) is 3.03. The predicted molar refractivity (Wildman–Crippen MR) is 101 cm³/mol. The lowest BCUT2D eigenvalue weighted by Gasteiger charge is -2.39. The molecule has 2 saturated heterocycles. The molecule has 0 aromatic carbocycles. The topological polar surface area (TPSA) is 98.7 Å². The van der Waals surface area contributed by atoms with Crippen molar-refractivity contribution in [3.8, 4) is 0 Å². The van der Waals surface area contributed by atoms with Crippen molar-refractivity contribution in [1.29, 1.82) is 0 Å². The first-order chi connectivity index (χ1) is 12.9. The molecule has 1 amide bonds. The van der Waals surface area contributed by atoms with Gasteiger partial charge in [0.05, 0.1) is 0 Å². The van der Waals surface area contributed by atoms with Crippen LogP contribution in [0.25, 0.3) is 0 Å². The largest absolute Gasteiger partial charge is 0.480 e. The zero-order chi connectivity index (χ0) is 19.4. The number of carboxylic acid groups (broad SMARTS) is 1. The summed E-state index contributed by atoms with van der Waals surface area (Å²) >= 11 is 0. The van der Waals surface area contributed by atoms with Gasteiger partial charge in [-0.1, -0.05) is 6.92 Å². The highest BCUT2D eigenvalue weighted by Crippen LogP contribution is 2.43. The predicted octanol–water partition coefficient (Wildman–Crippen LogP) is 1.59. The number of piperidine rings is 1. The minimum absolute atomic E-state index is 0.0599. The molecule has 0 unspecified atom stereocenters. The molecule has 0 radical (unpaired) electrons. The molecule has 8 nitrogen and oxygen atoms in total. The Morgan fingerprint density at radius 2 is 1.96 bits per heavy atom. The summed E-state index contributed by atoms with van der Waals surface area (Å²) in [6, 6.07) is -0.675. The minimum atomic E-state index is -0.890. The molecular formula is C19H29N5O3. The van der Waals surface area contributed by atoms with Crippen molar-refractivity contribution in [3.63, 3.8) is 0 Å². The van der Waals surface area contributed by atoms with Crippen LogP contribution in [0.4, 0.5) is 5.95 Å². The highest BCUT2D eigenvalue weighted by atomic mass is 16.4. The molecule has 3 heterocycles. The monoisotopic (exact) mass is 375 g/mol. The first kappa shape index (κ1) is 19.5. The van der Waals surface area contributed by atoms with Crippen molar-refractivity contribution >= 4 is 17.8 Å². The third kappa shape index (κ3) is 4.55. The van der Waals surface area contributed by atoms with E-state index < -0.39 is 12.0 Å². The van der Waals surface area contributed by atoms with Crippen molar-refractivity contribution in [2.24, 2.45) is 5.41 Å². The van der Waals surface area contributed by atoms with Gasteiger partial charge in [-0.2, -0.15) is 0 Å². The molecule has 0 saturated carbocycles. The molecule has 3 rings (SSSR count). The van der Waals surface area contributed by atoms with Crippen LogP contribution in [0.5, 0.6) is 0 Å². The summed E-state index contributed by atoms with van der Waals surface area (Å²) in [6.45, 7) is 7.58. The molecule has 2 N–H and O–H groups in total. The van der Waals surface area contributed by atoms with Gasteiger partial charge in [0.1, 0.15) is 6.04 Å². The second-order valence-corrected chi connectivity index (χ2v) is 7.82. The van der Waals surface area contributed by atoms with Gasteiger partial charge in [0, 0.05) is 44.5 Å². The molecular weight excluding hydrogens is 346 g/mol. The van der Waals surface area contributed by atoms with Crippen LogP contribution in [0.2, 0.25) is 0 Å². The van der Waals surface area contributed by atoms with Crippen molar-refractivity contribution in [2.45, 2.75) is 52.1 Å². The first-order valence-electron chi connectivity index (χ1n) is 9.69. The summed E-state index contributed by atoms with van der Waals surface area (Å²) < 4.78 is 0. The van der Waals surface area contributed by atoms with Gasteiger partial charge in [0.15, 0.2) is 0 Å². The number of carbonyl (C=O) groups excluding carboxylic acids is 1. The molecule has 1 aromatic heterocycles. The standard InChI is InChI=1S/C19H29N5O3/c1-3-6-20-18-21-10-15(11-22-18)12-23-7-4-19(5-8-23)9-16(17(26)27)24(13-19)14(2)25/h10-11,16H,3-9,12-13H2,1-2H3,(H,26,27)(H,20,21,22)/t16-/m0/s1. The van der Waals surface area contributed by atoms with E-state index in [-0.39, 0.29) is 11.3 Å². The number of hydrogen-bond donors (Lipinski definition) is 2. The summed E-state index contributed by atoms with van der Waals surface area (Å²) in [5.41, 5.74) is 1.02. The quantitative estimate of drug-likeness (QED) is 0.779. The summed E-state index contributed by atoms with van der Waals surface area (Å²) in [6.07, 6.45) is 7.15. The zero-order valence-electron chi connectivity index (χ0n) is 16.1. The molecule has 1 atom stereocenters. The fraction of sp³-hybridized carbons (Fsp3) is 0.684. The van der Waals surface area contributed by atoms with Gasteiger partial charge >= 0.3 is 5.97 Å². The lowest BCUT2D eigenvalue weighted by molar-refractivity contribution is -0.147. The number of carbonyl (C=O) groups is 2. The van der Waals surface area contributed by atoms with Crippen LogP contribution in [0.15, 0.2) is 12.4 Å². The van der Waals surface area contributed by atoms with E-state index in [0.29, 0.717) is 18.9 Å². The molecule has 1 aromatic rings. The number of rotatable bonds is 6. The van der Waals surface area contributed by atoms with E-state index in [4.69, 9.17) is 0 Å². The third-order valence-electron chi connectivity index (χ3n) is 5.76. The molecule has 8 heteroatoms. The summed E-state index contributed by atoms with van der Waals surface area (Å²) in [5, 5.41) is 12.6. The molecule has 27 heavy (non-hydrogen) atoms. The van der Waals surface area contributed by atoms with Crippen LogP contribution < -0.4 is 5.32 Å². The number of hydrogen-bond acceptors (Lipinski definition) is 6. The number of amides is 1. The highest BCUT2D eigenvalue weighted by molar-refractivity contribution is 5.83. The van der Waals surface area contributed by atoms with E-state index in [2.05, 4.69) is 27.1 Å². The number of anilines is 1. The van der Waals surface area contributed by atoms with Gasteiger partial charge in [0.2, 0.25) is 11.9 Å². The lowest BCUT2D eigenvalue weighted by atomic mass is 9.76. The van der Waals surface area contributed by atoms with Gasteiger partial charge in [-0.15, -0.1) is 0 Å². The summed E-state index contributed by atoms with van der Waals surface area (Å²) in [4.78, 5) is 35.9.